The predicted octanol–water partition coefficient (Wildman–Crippen LogP) is 1.42. The van der Waals surface area contributed by atoms with E-state index in [9.17, 15) is 0 Å². The summed E-state index contributed by atoms with van der Waals surface area (Å²) in [5.41, 5.74) is 0.674. The summed E-state index contributed by atoms with van der Waals surface area (Å²) < 4.78 is 16.4. The van der Waals surface area contributed by atoms with Gasteiger partial charge in [-0.15, -0.1) is 0 Å². The highest BCUT2D eigenvalue weighted by atomic mass is 16.5. The Morgan fingerprint density at radius 2 is 2.25 bits per heavy atom. The lowest BCUT2D eigenvalue weighted by atomic mass is 10.2. The molecule has 1 unspecified atom stereocenters. The Morgan fingerprint density at radius 3 is 3.04 bits per heavy atom. The number of pyridine rings is 1. The molecule has 0 amide bonds. The number of aliphatic imine (C=N–C) groups is 1. The minimum atomic E-state index is 0.283. The van der Waals surface area contributed by atoms with Gasteiger partial charge in [-0.2, -0.15) is 4.98 Å². The third-order valence-corrected chi connectivity index (χ3v) is 4.30. The molecule has 1 atom stereocenters. The molecule has 3 rings (SSSR count). The lowest BCUT2D eigenvalue weighted by Gasteiger charge is -2.12. The number of hydrogen-bond donors (Lipinski definition) is 2. The first-order valence-electron chi connectivity index (χ1n) is 9.73. The smallest absolute Gasteiger partial charge is 0.276 e. The van der Waals surface area contributed by atoms with Crippen LogP contribution in [0.15, 0.2) is 33.9 Å². The maximum absolute atomic E-state index is 5.65. The second kappa shape index (κ2) is 11.4. The van der Waals surface area contributed by atoms with Crippen molar-refractivity contribution in [2.24, 2.45) is 4.99 Å². The first kappa shape index (κ1) is 20.2. The number of hydrogen-bond acceptors (Lipinski definition) is 7. The Morgan fingerprint density at radius 1 is 1.32 bits per heavy atom. The van der Waals surface area contributed by atoms with E-state index < -0.39 is 0 Å². The van der Waals surface area contributed by atoms with Gasteiger partial charge >= 0.3 is 0 Å². The van der Waals surface area contributed by atoms with E-state index in [4.69, 9.17) is 14.0 Å². The summed E-state index contributed by atoms with van der Waals surface area (Å²) in [4.78, 5) is 12.8. The first-order valence-corrected chi connectivity index (χ1v) is 9.73. The molecule has 0 aromatic carbocycles. The maximum atomic E-state index is 5.65. The molecular formula is C19H28N6O3. The number of aromatic nitrogens is 3. The van der Waals surface area contributed by atoms with E-state index >= 15 is 0 Å². The van der Waals surface area contributed by atoms with Gasteiger partial charge in [0.05, 0.1) is 12.7 Å². The molecule has 2 aromatic heterocycles. The molecule has 0 saturated carbocycles. The van der Waals surface area contributed by atoms with Crippen molar-refractivity contribution in [2.75, 3.05) is 40.0 Å². The molecule has 1 aliphatic heterocycles. The second-order valence-corrected chi connectivity index (χ2v) is 6.47. The number of nitrogens with one attached hydrogen (secondary N) is 2. The molecule has 0 aliphatic carbocycles. The summed E-state index contributed by atoms with van der Waals surface area (Å²) in [7, 11) is 1.75. The molecule has 9 heteroatoms. The minimum absolute atomic E-state index is 0.283. The van der Waals surface area contributed by atoms with Crippen molar-refractivity contribution in [1.29, 1.82) is 0 Å². The zero-order valence-corrected chi connectivity index (χ0v) is 16.3. The van der Waals surface area contributed by atoms with Gasteiger partial charge in [-0.3, -0.25) is 9.98 Å². The Kier molecular flexibility index (Phi) is 8.20. The van der Waals surface area contributed by atoms with E-state index in [-0.39, 0.29) is 6.10 Å². The summed E-state index contributed by atoms with van der Waals surface area (Å²) in [6.45, 7) is 3.71. The highest BCUT2D eigenvalue weighted by molar-refractivity contribution is 5.79. The fraction of sp³-hybridized carbons (Fsp3) is 0.579. The van der Waals surface area contributed by atoms with Crippen molar-refractivity contribution in [3.63, 3.8) is 0 Å². The van der Waals surface area contributed by atoms with Crippen LogP contribution in [0.4, 0.5) is 0 Å². The largest absolute Gasteiger partial charge is 0.379 e. The zero-order chi connectivity index (χ0) is 19.4. The van der Waals surface area contributed by atoms with Crippen LogP contribution in [0.25, 0.3) is 11.6 Å². The molecule has 0 bridgehead atoms. The Balaban J connectivity index is 1.27. The SMILES string of the molecule is CN=C(NCCCOCC1CCCO1)NCCc1noc(-c2ccccn2)n1. The van der Waals surface area contributed by atoms with Gasteiger partial charge in [-0.05, 0) is 31.4 Å². The molecule has 1 saturated heterocycles. The number of nitrogens with zero attached hydrogens (tertiary/aromatic N) is 4. The third-order valence-electron chi connectivity index (χ3n) is 4.30. The average molecular weight is 388 g/mol. The van der Waals surface area contributed by atoms with Crippen LogP contribution >= 0.6 is 0 Å². The van der Waals surface area contributed by atoms with E-state index in [1.54, 1.807) is 13.2 Å². The van der Waals surface area contributed by atoms with Crippen LogP contribution in [-0.4, -0.2) is 67.1 Å². The topological polar surface area (TPSA) is 107 Å². The number of rotatable bonds is 10. The van der Waals surface area contributed by atoms with Crippen LogP contribution in [-0.2, 0) is 15.9 Å². The van der Waals surface area contributed by atoms with E-state index in [1.807, 2.05) is 18.2 Å². The van der Waals surface area contributed by atoms with E-state index in [0.29, 0.717) is 43.6 Å². The normalized spacial score (nSPS) is 17.0. The lowest BCUT2D eigenvalue weighted by molar-refractivity contribution is 0.0168. The Bertz CT molecular complexity index is 715. The van der Waals surface area contributed by atoms with Gasteiger partial charge in [0.15, 0.2) is 11.8 Å². The number of ether oxygens (including phenoxy) is 2. The van der Waals surface area contributed by atoms with Gasteiger partial charge in [-0.1, -0.05) is 11.2 Å². The van der Waals surface area contributed by atoms with Gasteiger partial charge in [0.1, 0.15) is 5.69 Å². The second-order valence-electron chi connectivity index (χ2n) is 6.47. The zero-order valence-electron chi connectivity index (χ0n) is 16.3. The molecule has 9 nitrogen and oxygen atoms in total. The molecule has 0 radical (unpaired) electrons. The van der Waals surface area contributed by atoms with Crippen molar-refractivity contribution < 1.29 is 14.0 Å². The van der Waals surface area contributed by atoms with Gasteiger partial charge < -0.3 is 24.6 Å². The molecule has 3 heterocycles. The molecule has 1 aliphatic rings. The quantitative estimate of drug-likeness (QED) is 0.358. The van der Waals surface area contributed by atoms with Crippen LogP contribution in [0.2, 0.25) is 0 Å². The summed E-state index contributed by atoms with van der Waals surface area (Å²) in [6, 6.07) is 5.57. The summed E-state index contributed by atoms with van der Waals surface area (Å²) >= 11 is 0. The van der Waals surface area contributed by atoms with Gasteiger partial charge in [-0.25, -0.2) is 0 Å². The molecule has 28 heavy (non-hydrogen) atoms. The summed E-state index contributed by atoms with van der Waals surface area (Å²) in [5, 5.41) is 10.5. The Hall–Kier alpha value is -2.52. The lowest BCUT2D eigenvalue weighted by Crippen LogP contribution is -2.39. The predicted molar refractivity (Wildman–Crippen MR) is 105 cm³/mol. The monoisotopic (exact) mass is 388 g/mol. The fourth-order valence-corrected chi connectivity index (χ4v) is 2.83. The number of guanidine groups is 1. The summed E-state index contributed by atoms with van der Waals surface area (Å²) in [6.07, 6.45) is 5.77. The van der Waals surface area contributed by atoms with E-state index in [1.165, 1.54) is 0 Å². The summed E-state index contributed by atoms with van der Waals surface area (Å²) in [5.74, 6) is 1.81. The third kappa shape index (κ3) is 6.58. The molecule has 0 spiro atoms. The molecule has 1 fully saturated rings. The molecule has 152 valence electrons. The van der Waals surface area contributed by atoms with Crippen molar-refractivity contribution >= 4 is 5.96 Å². The molecular weight excluding hydrogens is 360 g/mol. The van der Waals surface area contributed by atoms with Crippen LogP contribution in [0.1, 0.15) is 25.1 Å². The maximum Gasteiger partial charge on any atom is 0.276 e. The van der Waals surface area contributed by atoms with Crippen LogP contribution < -0.4 is 10.6 Å². The van der Waals surface area contributed by atoms with Crippen molar-refractivity contribution in [3.8, 4) is 11.6 Å². The fourth-order valence-electron chi connectivity index (χ4n) is 2.83. The van der Waals surface area contributed by atoms with Crippen LogP contribution in [0, 0.1) is 0 Å². The molecule has 2 N–H and O–H groups in total. The molecule has 2 aromatic rings. The van der Waals surface area contributed by atoms with Gasteiger partial charge in [0, 0.05) is 46.0 Å². The van der Waals surface area contributed by atoms with Gasteiger partial charge in [0.25, 0.3) is 5.89 Å². The van der Waals surface area contributed by atoms with Gasteiger partial charge in [0.2, 0.25) is 0 Å². The highest BCUT2D eigenvalue weighted by Crippen LogP contribution is 2.13. The van der Waals surface area contributed by atoms with Crippen molar-refractivity contribution in [3.05, 3.63) is 30.2 Å². The van der Waals surface area contributed by atoms with E-state index in [2.05, 4.69) is 30.8 Å². The minimum Gasteiger partial charge on any atom is -0.379 e. The van der Waals surface area contributed by atoms with Crippen molar-refractivity contribution in [2.45, 2.75) is 31.8 Å². The average Bonchev–Trinajstić information content (AvgIpc) is 3.42. The first-order chi connectivity index (χ1) is 13.8. The van der Waals surface area contributed by atoms with Crippen LogP contribution in [0.5, 0.6) is 0 Å². The Labute approximate surface area is 164 Å². The highest BCUT2D eigenvalue weighted by Gasteiger charge is 2.15. The van der Waals surface area contributed by atoms with Crippen LogP contribution in [0.3, 0.4) is 0 Å². The van der Waals surface area contributed by atoms with E-state index in [0.717, 1.165) is 38.4 Å². The van der Waals surface area contributed by atoms with Crippen molar-refractivity contribution in [1.82, 2.24) is 25.8 Å². The standard InChI is InChI=1S/C19H28N6O3/c1-20-19(22-10-5-12-26-14-15-6-4-13-27-15)23-11-8-17-24-18(28-25-17)16-7-2-3-9-21-16/h2-3,7,9,15H,4-6,8,10-14H2,1H3,(H2,20,22,23).